The molecule has 0 aliphatic carbocycles. The second-order valence-electron chi connectivity index (χ2n) is 5.08. The van der Waals surface area contributed by atoms with E-state index in [1.165, 1.54) is 0 Å². The molecule has 110 valence electrons. The maximum atomic E-state index is 11.5. The first-order chi connectivity index (χ1) is 9.72. The SMILES string of the molecule is CCc1cc(N2CCC(NC(=O)CNC)CC2)ncn1. The summed E-state index contributed by atoms with van der Waals surface area (Å²) in [6.07, 6.45) is 4.48. The van der Waals surface area contributed by atoms with Crippen molar-refractivity contribution in [3.8, 4) is 0 Å². The lowest BCUT2D eigenvalue weighted by atomic mass is 10.0. The number of anilines is 1. The van der Waals surface area contributed by atoms with Crippen molar-refractivity contribution in [2.24, 2.45) is 0 Å². The van der Waals surface area contributed by atoms with Crippen LogP contribution >= 0.6 is 0 Å². The Morgan fingerprint density at radius 2 is 2.15 bits per heavy atom. The lowest BCUT2D eigenvalue weighted by molar-refractivity contribution is -0.120. The number of rotatable bonds is 5. The first-order valence-electron chi connectivity index (χ1n) is 7.22. The lowest BCUT2D eigenvalue weighted by Gasteiger charge is -2.33. The molecule has 1 fully saturated rings. The molecule has 2 rings (SSSR count). The van der Waals surface area contributed by atoms with Gasteiger partial charge in [-0.15, -0.1) is 0 Å². The van der Waals surface area contributed by atoms with Gasteiger partial charge in [-0.2, -0.15) is 0 Å². The Balaban J connectivity index is 1.86. The number of carbonyl (C=O) groups is 1. The number of likely N-dealkylation sites (N-methyl/N-ethyl adjacent to an activating group) is 1. The van der Waals surface area contributed by atoms with Gasteiger partial charge in [0, 0.05) is 30.9 Å². The first kappa shape index (κ1) is 14.7. The van der Waals surface area contributed by atoms with Crippen LogP contribution in [0.5, 0.6) is 0 Å². The summed E-state index contributed by atoms with van der Waals surface area (Å²) < 4.78 is 0. The molecule has 0 bridgehead atoms. The first-order valence-corrected chi connectivity index (χ1v) is 7.22. The summed E-state index contributed by atoms with van der Waals surface area (Å²) in [5.41, 5.74) is 1.07. The van der Waals surface area contributed by atoms with Crippen molar-refractivity contribution in [3.05, 3.63) is 18.1 Å². The molecule has 0 spiro atoms. The van der Waals surface area contributed by atoms with Crippen LogP contribution in [0.3, 0.4) is 0 Å². The highest BCUT2D eigenvalue weighted by Crippen LogP contribution is 2.18. The number of hydrogen-bond donors (Lipinski definition) is 2. The van der Waals surface area contributed by atoms with E-state index < -0.39 is 0 Å². The van der Waals surface area contributed by atoms with Crippen molar-refractivity contribution < 1.29 is 4.79 Å². The van der Waals surface area contributed by atoms with Crippen molar-refractivity contribution in [1.82, 2.24) is 20.6 Å². The standard InChI is InChI=1S/C14H23N5O/c1-3-11-8-13(17-10-16-11)19-6-4-12(5-7-19)18-14(20)9-15-2/h8,10,12,15H,3-7,9H2,1-2H3,(H,18,20). The Bertz CT molecular complexity index is 443. The highest BCUT2D eigenvalue weighted by atomic mass is 16.1. The van der Waals surface area contributed by atoms with Gasteiger partial charge in [0.25, 0.3) is 0 Å². The van der Waals surface area contributed by atoms with Crippen molar-refractivity contribution in [3.63, 3.8) is 0 Å². The molecule has 6 heteroatoms. The number of amides is 1. The van der Waals surface area contributed by atoms with E-state index in [4.69, 9.17) is 0 Å². The number of nitrogens with zero attached hydrogens (tertiary/aromatic N) is 3. The van der Waals surface area contributed by atoms with Gasteiger partial charge in [-0.3, -0.25) is 4.79 Å². The van der Waals surface area contributed by atoms with E-state index in [2.05, 4.69) is 38.5 Å². The Morgan fingerprint density at radius 1 is 1.40 bits per heavy atom. The van der Waals surface area contributed by atoms with Crippen molar-refractivity contribution in [1.29, 1.82) is 0 Å². The zero-order chi connectivity index (χ0) is 14.4. The van der Waals surface area contributed by atoms with Crippen LogP contribution in [-0.2, 0) is 11.2 Å². The lowest BCUT2D eigenvalue weighted by Crippen LogP contribution is -2.46. The highest BCUT2D eigenvalue weighted by Gasteiger charge is 2.21. The number of carbonyl (C=O) groups excluding carboxylic acids is 1. The third-order valence-electron chi connectivity index (χ3n) is 3.59. The van der Waals surface area contributed by atoms with Crippen LogP contribution in [0.1, 0.15) is 25.5 Å². The summed E-state index contributed by atoms with van der Waals surface area (Å²) in [6.45, 7) is 4.32. The fraction of sp³-hybridized carbons (Fsp3) is 0.643. The van der Waals surface area contributed by atoms with Gasteiger partial charge >= 0.3 is 0 Å². The van der Waals surface area contributed by atoms with Gasteiger partial charge in [-0.1, -0.05) is 6.92 Å². The van der Waals surface area contributed by atoms with E-state index in [1.807, 2.05) is 0 Å². The van der Waals surface area contributed by atoms with Crippen molar-refractivity contribution in [2.75, 3.05) is 31.6 Å². The molecule has 0 unspecified atom stereocenters. The minimum absolute atomic E-state index is 0.0706. The average Bonchev–Trinajstić information content (AvgIpc) is 2.48. The van der Waals surface area contributed by atoms with Gasteiger partial charge in [0.15, 0.2) is 0 Å². The molecule has 0 atom stereocenters. The minimum Gasteiger partial charge on any atom is -0.356 e. The van der Waals surface area contributed by atoms with Gasteiger partial charge in [-0.25, -0.2) is 9.97 Å². The Hall–Kier alpha value is -1.69. The molecule has 1 aromatic rings. The molecule has 1 amide bonds. The van der Waals surface area contributed by atoms with Crippen molar-refractivity contribution >= 4 is 11.7 Å². The summed E-state index contributed by atoms with van der Waals surface area (Å²) in [5.74, 6) is 1.07. The highest BCUT2D eigenvalue weighted by molar-refractivity contribution is 5.78. The normalized spacial score (nSPS) is 16.2. The van der Waals surface area contributed by atoms with Gasteiger partial charge in [0.2, 0.25) is 5.91 Å². The molecule has 1 saturated heterocycles. The predicted octanol–water partition coefficient (Wildman–Crippen LogP) is 0.343. The number of hydrogen-bond acceptors (Lipinski definition) is 5. The van der Waals surface area contributed by atoms with Crippen LogP contribution in [0.25, 0.3) is 0 Å². The summed E-state index contributed by atoms with van der Waals surface area (Å²) in [7, 11) is 1.78. The smallest absolute Gasteiger partial charge is 0.234 e. The van der Waals surface area contributed by atoms with E-state index in [0.29, 0.717) is 6.54 Å². The second kappa shape index (κ2) is 7.19. The predicted molar refractivity (Wildman–Crippen MR) is 78.7 cm³/mol. The molecule has 0 saturated carbocycles. The molecular weight excluding hydrogens is 254 g/mol. The van der Waals surface area contributed by atoms with E-state index in [0.717, 1.165) is 43.9 Å². The Labute approximate surface area is 120 Å². The molecule has 1 aliphatic heterocycles. The zero-order valence-electron chi connectivity index (χ0n) is 12.2. The Morgan fingerprint density at radius 3 is 2.80 bits per heavy atom. The molecule has 0 radical (unpaired) electrons. The van der Waals surface area contributed by atoms with Crippen LogP contribution in [-0.4, -0.2) is 48.6 Å². The van der Waals surface area contributed by atoms with Crippen molar-refractivity contribution in [2.45, 2.75) is 32.2 Å². The summed E-state index contributed by atoms with van der Waals surface area (Å²) in [6, 6.07) is 2.33. The van der Waals surface area contributed by atoms with Gasteiger partial charge in [0.05, 0.1) is 6.54 Å². The maximum Gasteiger partial charge on any atom is 0.234 e. The molecular formula is C14H23N5O. The summed E-state index contributed by atoms with van der Waals surface area (Å²) in [5, 5.41) is 5.92. The van der Waals surface area contributed by atoms with E-state index >= 15 is 0 Å². The summed E-state index contributed by atoms with van der Waals surface area (Å²) in [4.78, 5) is 22.4. The molecule has 2 heterocycles. The zero-order valence-corrected chi connectivity index (χ0v) is 12.2. The molecule has 0 aromatic carbocycles. The van der Waals surface area contributed by atoms with Crippen LogP contribution < -0.4 is 15.5 Å². The molecule has 1 aromatic heterocycles. The summed E-state index contributed by atoms with van der Waals surface area (Å²) >= 11 is 0. The number of aryl methyl sites for hydroxylation is 1. The van der Waals surface area contributed by atoms with E-state index in [-0.39, 0.29) is 11.9 Å². The van der Waals surface area contributed by atoms with Crippen LogP contribution in [0, 0.1) is 0 Å². The topological polar surface area (TPSA) is 70.2 Å². The number of nitrogens with one attached hydrogen (secondary N) is 2. The minimum atomic E-state index is 0.0706. The number of aromatic nitrogens is 2. The molecule has 20 heavy (non-hydrogen) atoms. The van der Waals surface area contributed by atoms with Gasteiger partial charge in [0.1, 0.15) is 12.1 Å². The Kier molecular flexibility index (Phi) is 5.29. The fourth-order valence-corrected chi connectivity index (χ4v) is 2.44. The monoisotopic (exact) mass is 277 g/mol. The third kappa shape index (κ3) is 3.90. The van der Waals surface area contributed by atoms with E-state index in [9.17, 15) is 4.79 Å². The van der Waals surface area contributed by atoms with Crippen LogP contribution in [0.4, 0.5) is 5.82 Å². The average molecular weight is 277 g/mol. The van der Waals surface area contributed by atoms with Gasteiger partial charge < -0.3 is 15.5 Å². The van der Waals surface area contributed by atoms with E-state index in [1.54, 1.807) is 13.4 Å². The van der Waals surface area contributed by atoms with Gasteiger partial charge in [-0.05, 0) is 26.3 Å². The maximum absolute atomic E-state index is 11.5. The number of piperidine rings is 1. The fourth-order valence-electron chi connectivity index (χ4n) is 2.44. The molecule has 2 N–H and O–H groups in total. The largest absolute Gasteiger partial charge is 0.356 e. The van der Waals surface area contributed by atoms with Crippen LogP contribution in [0.2, 0.25) is 0 Å². The van der Waals surface area contributed by atoms with Crippen LogP contribution in [0.15, 0.2) is 12.4 Å². The third-order valence-corrected chi connectivity index (χ3v) is 3.59. The molecule has 6 nitrogen and oxygen atoms in total. The quantitative estimate of drug-likeness (QED) is 0.812. The molecule has 1 aliphatic rings. The second-order valence-corrected chi connectivity index (χ2v) is 5.08.